The monoisotopic (exact) mass is 574 g/mol. The summed E-state index contributed by atoms with van der Waals surface area (Å²) in [5.74, 6) is 1.60. The molecule has 1 fully saturated rings. The van der Waals surface area contributed by atoms with E-state index in [2.05, 4.69) is 12.5 Å². The summed E-state index contributed by atoms with van der Waals surface area (Å²) in [4.78, 5) is 46.3. The summed E-state index contributed by atoms with van der Waals surface area (Å²) in [5.41, 5.74) is 1.75. The van der Waals surface area contributed by atoms with Crippen LogP contribution in [0, 0.1) is 12.3 Å². The minimum absolute atomic E-state index is 0.166. The number of fused-ring (bicyclic) bond motifs is 1. The number of amides is 1. The largest absolute Gasteiger partial charge is 0.339 e. The van der Waals surface area contributed by atoms with Gasteiger partial charge in [0.05, 0.1) is 21.9 Å². The van der Waals surface area contributed by atoms with E-state index in [4.69, 9.17) is 23.0 Å². The Morgan fingerprint density at radius 2 is 1.85 bits per heavy atom. The van der Waals surface area contributed by atoms with E-state index in [1.165, 1.54) is 33.4 Å². The van der Waals surface area contributed by atoms with E-state index in [0.29, 0.717) is 50.0 Å². The summed E-state index contributed by atoms with van der Waals surface area (Å²) in [6.07, 6.45) is 12.4. The van der Waals surface area contributed by atoms with Crippen LogP contribution in [0.2, 0.25) is 5.02 Å². The molecule has 0 atom stereocenters. The van der Waals surface area contributed by atoms with Crippen LogP contribution in [0.1, 0.15) is 49.6 Å². The molecule has 1 aliphatic heterocycles. The minimum Gasteiger partial charge on any atom is -0.339 e. The van der Waals surface area contributed by atoms with E-state index in [1.807, 2.05) is 32.0 Å². The average molecular weight is 575 g/mol. The first-order chi connectivity index (χ1) is 19.7. The first-order valence-corrected chi connectivity index (χ1v) is 14.0. The van der Waals surface area contributed by atoms with Crippen molar-refractivity contribution < 1.29 is 9.18 Å². The maximum Gasteiger partial charge on any atom is 0.322 e. The van der Waals surface area contributed by atoms with Gasteiger partial charge in [0.2, 0.25) is 5.91 Å². The van der Waals surface area contributed by atoms with Gasteiger partial charge in [0, 0.05) is 25.6 Å². The SMILES string of the molecule is C#C/C=C\C=C(\F)Cc1nc2c(cc1Cl)n(C1CCN(C(=O)C=C)CC1)c(=O)c(=O)n2-c1c(CC)cccc1CC. The Kier molecular flexibility index (Phi) is 9.41. The number of carbonyl (C=O) groups excluding carboxylic acids is 1. The number of benzene rings is 1. The first kappa shape index (κ1) is 29.8. The van der Waals surface area contributed by atoms with E-state index in [-0.39, 0.29) is 34.7 Å². The van der Waals surface area contributed by atoms with Gasteiger partial charge in [-0.3, -0.25) is 23.5 Å². The Labute approximate surface area is 243 Å². The van der Waals surface area contributed by atoms with Crippen molar-refractivity contribution in [3.8, 4) is 18.0 Å². The fourth-order valence-electron chi connectivity index (χ4n) is 5.35. The Hall–Kier alpha value is -4.22. The molecule has 1 aliphatic rings. The second-order valence-corrected chi connectivity index (χ2v) is 10.2. The Morgan fingerprint density at radius 3 is 2.44 bits per heavy atom. The second kappa shape index (κ2) is 13.0. The van der Waals surface area contributed by atoms with Gasteiger partial charge in [-0.15, -0.1) is 6.42 Å². The molecule has 1 aromatic carbocycles. The highest BCUT2D eigenvalue weighted by atomic mass is 35.5. The molecule has 212 valence electrons. The zero-order valence-electron chi connectivity index (χ0n) is 23.2. The Bertz CT molecular complexity index is 1700. The molecule has 2 aromatic heterocycles. The van der Waals surface area contributed by atoms with Gasteiger partial charge in [-0.05, 0) is 61.1 Å². The third kappa shape index (κ3) is 5.96. The van der Waals surface area contributed by atoms with Gasteiger partial charge < -0.3 is 4.90 Å². The topological polar surface area (TPSA) is 77.2 Å². The molecule has 1 amide bonds. The number of likely N-dealkylation sites (tertiary alicyclic amines) is 1. The standard InChI is InChI=1S/C32H32ClFN4O3/c1-5-9-10-14-23(34)19-26-25(33)20-27-30(35-26)38(29-21(6-2)12-11-13-22(29)7-3)32(41)31(40)37(27)24-15-17-36(18-16-24)28(39)8-4/h1,8-14,20,24H,4,6-7,15-19H2,2-3H3/b10-9-,23-14+. The van der Waals surface area contributed by atoms with Crippen molar-refractivity contribution in [3.05, 3.63) is 104 Å². The fourth-order valence-corrected chi connectivity index (χ4v) is 5.56. The molecule has 0 unspecified atom stereocenters. The molecule has 41 heavy (non-hydrogen) atoms. The molecule has 3 heterocycles. The molecule has 0 aliphatic carbocycles. The summed E-state index contributed by atoms with van der Waals surface area (Å²) >= 11 is 6.64. The van der Waals surface area contributed by atoms with Gasteiger partial charge in [-0.25, -0.2) is 9.37 Å². The third-order valence-electron chi connectivity index (χ3n) is 7.40. The molecular weight excluding hydrogens is 543 g/mol. The number of nitrogens with zero attached hydrogens (tertiary/aromatic N) is 4. The van der Waals surface area contributed by atoms with Gasteiger partial charge in [0.25, 0.3) is 0 Å². The van der Waals surface area contributed by atoms with Crippen molar-refractivity contribution in [3.63, 3.8) is 0 Å². The van der Waals surface area contributed by atoms with E-state index in [9.17, 15) is 18.8 Å². The molecule has 0 radical (unpaired) electrons. The van der Waals surface area contributed by atoms with Crippen LogP contribution >= 0.6 is 11.6 Å². The molecule has 1 saturated heterocycles. The number of terminal acetylenes is 1. The molecule has 9 heteroatoms. The van der Waals surface area contributed by atoms with Crippen LogP contribution in [-0.2, 0) is 24.1 Å². The minimum atomic E-state index is -0.744. The first-order valence-electron chi connectivity index (χ1n) is 13.6. The second-order valence-electron chi connectivity index (χ2n) is 9.78. The normalized spacial score (nSPS) is 14.5. The smallest absolute Gasteiger partial charge is 0.322 e. The molecule has 0 spiro atoms. The summed E-state index contributed by atoms with van der Waals surface area (Å²) in [5, 5.41) is 0.166. The molecule has 4 rings (SSSR count). The number of aromatic nitrogens is 3. The Balaban J connectivity index is 2.00. The third-order valence-corrected chi connectivity index (χ3v) is 7.72. The van der Waals surface area contributed by atoms with Crippen molar-refractivity contribution in [2.24, 2.45) is 0 Å². The van der Waals surface area contributed by atoms with Crippen LogP contribution in [0.3, 0.4) is 0 Å². The zero-order chi connectivity index (χ0) is 29.7. The van der Waals surface area contributed by atoms with Crippen LogP contribution in [0.15, 0.2) is 70.6 Å². The molecule has 0 saturated carbocycles. The molecular formula is C32H32ClFN4O3. The van der Waals surface area contributed by atoms with E-state index < -0.39 is 16.9 Å². The number of hydrogen-bond donors (Lipinski definition) is 0. The predicted octanol–water partition coefficient (Wildman–Crippen LogP) is 5.26. The molecule has 3 aromatic rings. The molecule has 7 nitrogen and oxygen atoms in total. The average Bonchev–Trinajstić information content (AvgIpc) is 2.98. The number of pyridine rings is 1. The summed E-state index contributed by atoms with van der Waals surface area (Å²) < 4.78 is 17.6. The van der Waals surface area contributed by atoms with E-state index in [0.717, 1.165) is 11.1 Å². The number of aryl methyl sites for hydroxylation is 2. The van der Waals surface area contributed by atoms with Crippen LogP contribution in [0.25, 0.3) is 16.9 Å². The maximum absolute atomic E-state index is 14.8. The van der Waals surface area contributed by atoms with Crippen LogP contribution < -0.4 is 11.1 Å². The highest BCUT2D eigenvalue weighted by Gasteiger charge is 2.28. The number of piperidine rings is 1. The van der Waals surface area contributed by atoms with Crippen molar-refractivity contribution in [2.45, 2.75) is 52.0 Å². The van der Waals surface area contributed by atoms with Crippen LogP contribution in [0.5, 0.6) is 0 Å². The van der Waals surface area contributed by atoms with Crippen molar-refractivity contribution >= 4 is 28.7 Å². The summed E-state index contributed by atoms with van der Waals surface area (Å²) in [6, 6.07) is 6.99. The number of halogens is 2. The highest BCUT2D eigenvalue weighted by Crippen LogP contribution is 2.30. The van der Waals surface area contributed by atoms with Crippen molar-refractivity contribution in [1.82, 2.24) is 19.0 Å². The van der Waals surface area contributed by atoms with Gasteiger partial charge in [-0.2, -0.15) is 0 Å². The fraction of sp³-hybridized carbons (Fsp3) is 0.312. The predicted molar refractivity (Wildman–Crippen MR) is 161 cm³/mol. The van der Waals surface area contributed by atoms with Crippen molar-refractivity contribution in [2.75, 3.05) is 13.1 Å². The van der Waals surface area contributed by atoms with E-state index in [1.54, 1.807) is 11.0 Å². The zero-order valence-corrected chi connectivity index (χ0v) is 24.0. The van der Waals surface area contributed by atoms with Crippen LogP contribution in [-0.4, -0.2) is 38.0 Å². The quantitative estimate of drug-likeness (QED) is 0.159. The number of carbonyl (C=O) groups is 1. The highest BCUT2D eigenvalue weighted by molar-refractivity contribution is 6.31. The molecule has 0 N–H and O–H groups in total. The Morgan fingerprint density at radius 1 is 1.20 bits per heavy atom. The van der Waals surface area contributed by atoms with E-state index >= 15 is 0 Å². The number of rotatable bonds is 8. The lowest BCUT2D eigenvalue weighted by Crippen LogP contribution is -2.46. The maximum atomic E-state index is 14.8. The van der Waals surface area contributed by atoms with Gasteiger partial charge >= 0.3 is 11.1 Å². The lowest BCUT2D eigenvalue weighted by Gasteiger charge is -2.33. The van der Waals surface area contributed by atoms with Gasteiger partial charge in [0.1, 0.15) is 5.83 Å². The number of para-hydroxylation sites is 1. The summed E-state index contributed by atoms with van der Waals surface area (Å²) in [7, 11) is 0. The van der Waals surface area contributed by atoms with Crippen LogP contribution in [0.4, 0.5) is 4.39 Å². The lowest BCUT2D eigenvalue weighted by atomic mass is 10.0. The van der Waals surface area contributed by atoms with Gasteiger partial charge in [0.15, 0.2) is 5.65 Å². The number of allylic oxidation sites excluding steroid dienone is 4. The lowest BCUT2D eigenvalue weighted by molar-refractivity contribution is -0.127. The van der Waals surface area contributed by atoms with Gasteiger partial charge in [-0.1, -0.05) is 62.2 Å². The van der Waals surface area contributed by atoms with Crippen molar-refractivity contribution in [1.29, 1.82) is 0 Å². The summed E-state index contributed by atoms with van der Waals surface area (Å²) in [6.45, 7) is 8.32. The molecule has 0 bridgehead atoms. The number of hydrogen-bond acceptors (Lipinski definition) is 4.